The lowest BCUT2D eigenvalue weighted by atomic mass is 10.2. The van der Waals surface area contributed by atoms with Crippen LogP contribution in [0.2, 0.25) is 0 Å². The van der Waals surface area contributed by atoms with Crippen LogP contribution in [0.1, 0.15) is 19.4 Å². The second-order valence-electron chi connectivity index (χ2n) is 4.16. The molecule has 0 bridgehead atoms. The fraction of sp³-hybridized carbons (Fsp3) is 0.375. The van der Waals surface area contributed by atoms with Crippen molar-refractivity contribution < 1.29 is 21.5 Å². The summed E-state index contributed by atoms with van der Waals surface area (Å²) in [5.74, 6) is 9.21. The molecule has 0 aromatic heterocycles. The normalized spacial score (nSPS) is 9.61. The molecular weight excluding hydrogens is 286 g/mol. The summed E-state index contributed by atoms with van der Waals surface area (Å²) in [6.45, 7) is 7.99. The van der Waals surface area contributed by atoms with Crippen molar-refractivity contribution in [3.63, 3.8) is 0 Å². The molecule has 0 fully saturated rings. The minimum absolute atomic E-state index is 0. The van der Waals surface area contributed by atoms with Gasteiger partial charge in [-0.05, 0) is 37.8 Å². The molecule has 0 radical (unpaired) electrons. The van der Waals surface area contributed by atoms with Crippen LogP contribution in [0.5, 0.6) is 0 Å². The zero-order chi connectivity index (χ0) is 12.6. The molecule has 0 N–H and O–H groups in total. The Kier molecular flexibility index (Phi) is 8.21. The lowest BCUT2D eigenvalue weighted by Crippen LogP contribution is -3.00. The molecule has 0 heterocycles. The predicted octanol–water partition coefficient (Wildman–Crippen LogP) is -0.468. The average Bonchev–Trinajstić information content (AvgIpc) is 2.39. The third-order valence-corrected chi connectivity index (χ3v) is 3.19. The molecule has 1 nitrogen and oxygen atoms in total. The summed E-state index contributed by atoms with van der Waals surface area (Å²) < 4.78 is 0.885. The molecule has 2 heteroatoms. The van der Waals surface area contributed by atoms with E-state index in [1.807, 2.05) is 30.3 Å². The Hall–Kier alpha value is -1.22. The molecular formula is C16H20BrN. The van der Waals surface area contributed by atoms with Gasteiger partial charge in [-0.1, -0.05) is 24.1 Å². The number of terminal acetylenes is 1. The first-order valence-corrected chi connectivity index (χ1v) is 6.09. The quantitative estimate of drug-likeness (QED) is 0.521. The van der Waals surface area contributed by atoms with Gasteiger partial charge in [-0.15, -0.1) is 6.42 Å². The van der Waals surface area contributed by atoms with Crippen LogP contribution in [0.25, 0.3) is 0 Å². The Morgan fingerprint density at radius 2 is 1.67 bits per heavy atom. The van der Waals surface area contributed by atoms with E-state index in [1.165, 1.54) is 0 Å². The summed E-state index contributed by atoms with van der Waals surface area (Å²) >= 11 is 0. The molecule has 0 aliphatic heterocycles. The SMILES string of the molecule is C#CC[N+](CC)(CC)CC#Cc1ccccc1.[Br-]. The van der Waals surface area contributed by atoms with Crippen LogP contribution in [0.3, 0.4) is 0 Å². The molecule has 1 aromatic rings. The van der Waals surface area contributed by atoms with Crippen LogP contribution in [-0.4, -0.2) is 30.7 Å². The molecule has 0 aliphatic carbocycles. The Labute approximate surface area is 122 Å². The molecule has 0 amide bonds. The van der Waals surface area contributed by atoms with Crippen molar-refractivity contribution in [2.75, 3.05) is 26.2 Å². The van der Waals surface area contributed by atoms with Gasteiger partial charge in [0.25, 0.3) is 0 Å². The monoisotopic (exact) mass is 305 g/mol. The van der Waals surface area contributed by atoms with Gasteiger partial charge < -0.3 is 21.5 Å². The number of hydrogen-bond acceptors (Lipinski definition) is 0. The van der Waals surface area contributed by atoms with E-state index in [1.54, 1.807) is 0 Å². The zero-order valence-corrected chi connectivity index (χ0v) is 12.7. The molecule has 1 rings (SSSR count). The minimum atomic E-state index is 0. The zero-order valence-electron chi connectivity index (χ0n) is 11.1. The summed E-state index contributed by atoms with van der Waals surface area (Å²) in [6.07, 6.45) is 5.43. The molecule has 1 aromatic carbocycles. The van der Waals surface area contributed by atoms with Gasteiger partial charge in [0.05, 0.1) is 13.1 Å². The molecule has 0 saturated carbocycles. The second kappa shape index (κ2) is 8.81. The van der Waals surface area contributed by atoms with E-state index in [0.29, 0.717) is 0 Å². The molecule has 0 aliphatic rings. The van der Waals surface area contributed by atoms with Crippen LogP contribution in [0, 0.1) is 24.2 Å². The highest BCUT2D eigenvalue weighted by molar-refractivity contribution is 5.33. The van der Waals surface area contributed by atoms with Crippen LogP contribution in [0.15, 0.2) is 30.3 Å². The van der Waals surface area contributed by atoms with Gasteiger partial charge >= 0.3 is 0 Å². The lowest BCUT2D eigenvalue weighted by Gasteiger charge is -2.32. The van der Waals surface area contributed by atoms with Crippen molar-refractivity contribution in [1.82, 2.24) is 0 Å². The molecule has 0 unspecified atom stereocenters. The van der Waals surface area contributed by atoms with E-state index in [2.05, 4.69) is 31.6 Å². The molecule has 0 saturated heterocycles. The van der Waals surface area contributed by atoms with Crippen molar-refractivity contribution in [1.29, 1.82) is 0 Å². The summed E-state index contributed by atoms with van der Waals surface area (Å²) in [6, 6.07) is 10.1. The summed E-state index contributed by atoms with van der Waals surface area (Å²) in [4.78, 5) is 0. The Morgan fingerprint density at radius 3 is 2.17 bits per heavy atom. The number of rotatable bonds is 4. The van der Waals surface area contributed by atoms with Gasteiger partial charge in [-0.25, -0.2) is 0 Å². The minimum Gasteiger partial charge on any atom is -1.00 e. The third-order valence-electron chi connectivity index (χ3n) is 3.19. The van der Waals surface area contributed by atoms with E-state index in [4.69, 9.17) is 6.42 Å². The highest BCUT2D eigenvalue weighted by Gasteiger charge is 2.19. The van der Waals surface area contributed by atoms with Gasteiger partial charge in [0.2, 0.25) is 0 Å². The van der Waals surface area contributed by atoms with Crippen molar-refractivity contribution >= 4 is 0 Å². The Bertz CT molecular complexity index is 430. The topological polar surface area (TPSA) is 0 Å². The van der Waals surface area contributed by atoms with Gasteiger partial charge in [0.1, 0.15) is 13.1 Å². The fourth-order valence-corrected chi connectivity index (χ4v) is 1.75. The smallest absolute Gasteiger partial charge is 0.142 e. The first-order valence-electron chi connectivity index (χ1n) is 6.09. The third kappa shape index (κ3) is 4.96. The number of benzene rings is 1. The highest BCUT2D eigenvalue weighted by atomic mass is 79.9. The summed E-state index contributed by atoms with van der Waals surface area (Å²) in [5.41, 5.74) is 1.07. The van der Waals surface area contributed by atoms with Crippen LogP contribution in [-0.2, 0) is 0 Å². The van der Waals surface area contributed by atoms with Crippen LogP contribution >= 0.6 is 0 Å². The van der Waals surface area contributed by atoms with Gasteiger partial charge in [0, 0.05) is 5.56 Å². The Balaban J connectivity index is 0.00000289. The van der Waals surface area contributed by atoms with Crippen LogP contribution in [0.4, 0.5) is 0 Å². The maximum atomic E-state index is 5.43. The molecule has 18 heavy (non-hydrogen) atoms. The van der Waals surface area contributed by atoms with E-state index in [-0.39, 0.29) is 17.0 Å². The van der Waals surface area contributed by atoms with Crippen molar-refractivity contribution in [3.05, 3.63) is 35.9 Å². The Morgan fingerprint density at radius 1 is 1.06 bits per heavy atom. The summed E-state index contributed by atoms with van der Waals surface area (Å²) in [7, 11) is 0. The van der Waals surface area contributed by atoms with E-state index < -0.39 is 0 Å². The van der Waals surface area contributed by atoms with Crippen molar-refractivity contribution in [2.45, 2.75) is 13.8 Å². The van der Waals surface area contributed by atoms with Gasteiger partial charge in [0.15, 0.2) is 0 Å². The number of nitrogens with zero attached hydrogens (tertiary/aromatic N) is 1. The molecule has 0 spiro atoms. The van der Waals surface area contributed by atoms with Crippen LogP contribution < -0.4 is 17.0 Å². The van der Waals surface area contributed by atoms with Crippen molar-refractivity contribution in [3.8, 4) is 24.2 Å². The van der Waals surface area contributed by atoms with E-state index >= 15 is 0 Å². The lowest BCUT2D eigenvalue weighted by molar-refractivity contribution is -0.911. The van der Waals surface area contributed by atoms with Crippen molar-refractivity contribution in [2.24, 2.45) is 0 Å². The summed E-state index contributed by atoms with van der Waals surface area (Å²) in [5, 5.41) is 0. The average molecular weight is 306 g/mol. The maximum Gasteiger partial charge on any atom is 0.142 e. The fourth-order valence-electron chi connectivity index (χ4n) is 1.75. The molecule has 96 valence electrons. The van der Waals surface area contributed by atoms with Gasteiger partial charge in [-0.3, -0.25) is 0 Å². The number of halogens is 1. The highest BCUT2D eigenvalue weighted by Crippen LogP contribution is 2.04. The number of hydrogen-bond donors (Lipinski definition) is 0. The van der Waals surface area contributed by atoms with E-state index in [0.717, 1.165) is 36.2 Å². The second-order valence-corrected chi connectivity index (χ2v) is 4.16. The maximum absolute atomic E-state index is 5.43. The largest absolute Gasteiger partial charge is 1.00 e. The predicted molar refractivity (Wildman–Crippen MR) is 73.2 cm³/mol. The van der Waals surface area contributed by atoms with Gasteiger partial charge in [-0.2, -0.15) is 0 Å². The number of quaternary nitrogens is 1. The molecule has 0 atom stereocenters. The first kappa shape index (κ1) is 16.8. The van der Waals surface area contributed by atoms with E-state index in [9.17, 15) is 0 Å². The standard InChI is InChI=1S/C16H20N.BrH/c1-4-14-17(5-2,6-3)15-10-13-16-11-8-7-9-12-16;/h1,7-9,11-12H,5-6,14-15H2,2-3H3;1H/q+1;/p-1. The first-order chi connectivity index (χ1) is 8.26.